The third kappa shape index (κ3) is 4.35. The summed E-state index contributed by atoms with van der Waals surface area (Å²) < 4.78 is 10.8. The first-order chi connectivity index (χ1) is 10.3. The Hall–Kier alpha value is -1.26. The second kappa shape index (κ2) is 6.67. The summed E-state index contributed by atoms with van der Waals surface area (Å²) in [6, 6.07) is 8.09. The highest BCUT2D eigenvalue weighted by molar-refractivity contribution is 5.32. The SMILES string of the molecule is COc1cccc(OCC(O)CNC(C2CC2)C2CC2)c1. The molecule has 1 aromatic rings. The van der Waals surface area contributed by atoms with Gasteiger partial charge in [0, 0.05) is 18.7 Å². The lowest BCUT2D eigenvalue weighted by atomic mass is 10.1. The highest BCUT2D eigenvalue weighted by Crippen LogP contribution is 2.44. The van der Waals surface area contributed by atoms with E-state index in [2.05, 4.69) is 5.32 Å². The molecule has 0 bridgehead atoms. The van der Waals surface area contributed by atoms with Crippen LogP contribution in [0.2, 0.25) is 0 Å². The van der Waals surface area contributed by atoms with Crippen LogP contribution in [0, 0.1) is 11.8 Å². The summed E-state index contributed by atoms with van der Waals surface area (Å²) in [4.78, 5) is 0. The average molecular weight is 291 g/mol. The molecule has 2 aliphatic rings. The Kier molecular flexibility index (Phi) is 4.66. The molecule has 1 aromatic carbocycles. The van der Waals surface area contributed by atoms with Gasteiger partial charge in [-0.1, -0.05) is 6.07 Å². The molecule has 2 N–H and O–H groups in total. The smallest absolute Gasteiger partial charge is 0.123 e. The number of hydrogen-bond acceptors (Lipinski definition) is 4. The van der Waals surface area contributed by atoms with Crippen molar-refractivity contribution in [2.45, 2.75) is 37.8 Å². The van der Waals surface area contributed by atoms with Crippen LogP contribution in [0.15, 0.2) is 24.3 Å². The van der Waals surface area contributed by atoms with Crippen molar-refractivity contribution >= 4 is 0 Å². The minimum absolute atomic E-state index is 0.308. The Labute approximate surface area is 126 Å². The minimum atomic E-state index is -0.476. The molecule has 0 aliphatic heterocycles. The number of ether oxygens (including phenoxy) is 2. The molecule has 116 valence electrons. The fourth-order valence-electron chi connectivity index (χ4n) is 2.84. The molecule has 2 aliphatic carbocycles. The maximum absolute atomic E-state index is 10.1. The fraction of sp³-hybridized carbons (Fsp3) is 0.647. The Balaban J connectivity index is 1.40. The minimum Gasteiger partial charge on any atom is -0.497 e. The predicted molar refractivity (Wildman–Crippen MR) is 81.7 cm³/mol. The number of nitrogens with one attached hydrogen (secondary N) is 1. The van der Waals surface area contributed by atoms with E-state index >= 15 is 0 Å². The molecule has 1 atom stereocenters. The van der Waals surface area contributed by atoms with E-state index < -0.39 is 6.10 Å². The topological polar surface area (TPSA) is 50.7 Å². The van der Waals surface area contributed by atoms with Crippen LogP contribution in [-0.2, 0) is 0 Å². The van der Waals surface area contributed by atoms with Gasteiger partial charge in [-0.2, -0.15) is 0 Å². The molecule has 0 heterocycles. The normalized spacial score (nSPS) is 19.6. The monoisotopic (exact) mass is 291 g/mol. The van der Waals surface area contributed by atoms with Crippen molar-refractivity contribution in [1.29, 1.82) is 0 Å². The van der Waals surface area contributed by atoms with E-state index in [1.807, 2.05) is 24.3 Å². The van der Waals surface area contributed by atoms with Crippen LogP contribution >= 0.6 is 0 Å². The lowest BCUT2D eigenvalue weighted by Crippen LogP contribution is -2.40. The molecule has 21 heavy (non-hydrogen) atoms. The third-order valence-electron chi connectivity index (χ3n) is 4.33. The van der Waals surface area contributed by atoms with E-state index in [1.165, 1.54) is 25.7 Å². The summed E-state index contributed by atoms with van der Waals surface area (Å²) in [6.45, 7) is 0.920. The van der Waals surface area contributed by atoms with Gasteiger partial charge >= 0.3 is 0 Å². The largest absolute Gasteiger partial charge is 0.497 e. The number of benzene rings is 1. The van der Waals surface area contributed by atoms with Gasteiger partial charge in [-0.05, 0) is 49.7 Å². The van der Waals surface area contributed by atoms with Crippen LogP contribution in [0.4, 0.5) is 0 Å². The molecule has 0 spiro atoms. The predicted octanol–water partition coefficient (Wildman–Crippen LogP) is 2.21. The standard InChI is InChI=1S/C17H25NO3/c1-20-15-3-2-4-16(9-15)21-11-14(19)10-18-17(12-5-6-12)13-7-8-13/h2-4,9,12-14,17-19H,5-8,10-11H2,1H3. The Morgan fingerprint density at radius 2 is 1.86 bits per heavy atom. The van der Waals surface area contributed by atoms with Gasteiger partial charge < -0.3 is 19.9 Å². The zero-order valence-electron chi connectivity index (χ0n) is 12.6. The van der Waals surface area contributed by atoms with E-state index in [-0.39, 0.29) is 0 Å². The van der Waals surface area contributed by atoms with Crippen LogP contribution in [0.1, 0.15) is 25.7 Å². The summed E-state index contributed by atoms with van der Waals surface area (Å²) in [5.74, 6) is 3.20. The number of aliphatic hydroxyl groups excluding tert-OH is 1. The van der Waals surface area contributed by atoms with Gasteiger partial charge in [0.05, 0.1) is 7.11 Å². The molecule has 1 unspecified atom stereocenters. The van der Waals surface area contributed by atoms with E-state index in [1.54, 1.807) is 7.11 Å². The van der Waals surface area contributed by atoms with Gasteiger partial charge in [-0.3, -0.25) is 0 Å². The second-order valence-corrected chi connectivity index (χ2v) is 6.25. The van der Waals surface area contributed by atoms with Gasteiger partial charge in [0.2, 0.25) is 0 Å². The summed E-state index contributed by atoms with van der Waals surface area (Å²) in [5.41, 5.74) is 0. The number of methoxy groups -OCH3 is 1. The van der Waals surface area contributed by atoms with Crippen LogP contribution in [-0.4, -0.2) is 37.5 Å². The van der Waals surface area contributed by atoms with E-state index in [0.717, 1.165) is 23.3 Å². The van der Waals surface area contributed by atoms with E-state index in [4.69, 9.17) is 9.47 Å². The number of aliphatic hydroxyl groups is 1. The number of hydrogen-bond donors (Lipinski definition) is 2. The third-order valence-corrected chi connectivity index (χ3v) is 4.33. The van der Waals surface area contributed by atoms with Gasteiger partial charge in [-0.15, -0.1) is 0 Å². The van der Waals surface area contributed by atoms with Gasteiger partial charge in [-0.25, -0.2) is 0 Å². The first-order valence-corrected chi connectivity index (χ1v) is 7.94. The molecule has 0 amide bonds. The summed E-state index contributed by atoms with van der Waals surface area (Å²) >= 11 is 0. The zero-order chi connectivity index (χ0) is 14.7. The molecule has 2 saturated carbocycles. The van der Waals surface area contributed by atoms with Crippen molar-refractivity contribution in [3.63, 3.8) is 0 Å². The quantitative estimate of drug-likeness (QED) is 0.732. The molecule has 2 fully saturated rings. The summed E-state index contributed by atoms with van der Waals surface area (Å²) in [5, 5.41) is 13.6. The highest BCUT2D eigenvalue weighted by Gasteiger charge is 2.41. The van der Waals surface area contributed by atoms with E-state index in [0.29, 0.717) is 19.2 Å². The maximum Gasteiger partial charge on any atom is 0.123 e. The Morgan fingerprint density at radius 1 is 1.19 bits per heavy atom. The molecule has 4 heteroatoms. The maximum atomic E-state index is 10.1. The molecular formula is C17H25NO3. The van der Waals surface area contributed by atoms with Crippen LogP contribution < -0.4 is 14.8 Å². The first-order valence-electron chi connectivity index (χ1n) is 7.94. The fourth-order valence-corrected chi connectivity index (χ4v) is 2.84. The number of rotatable bonds is 9. The Morgan fingerprint density at radius 3 is 2.48 bits per heavy atom. The van der Waals surface area contributed by atoms with Gasteiger partial charge in [0.1, 0.15) is 24.2 Å². The zero-order valence-corrected chi connectivity index (χ0v) is 12.6. The van der Waals surface area contributed by atoms with Crippen molar-refractivity contribution in [3.05, 3.63) is 24.3 Å². The van der Waals surface area contributed by atoms with Crippen molar-refractivity contribution in [1.82, 2.24) is 5.32 Å². The first kappa shape index (κ1) is 14.7. The molecular weight excluding hydrogens is 266 g/mol. The van der Waals surface area contributed by atoms with Crippen molar-refractivity contribution in [2.24, 2.45) is 11.8 Å². The van der Waals surface area contributed by atoms with Crippen LogP contribution in [0.3, 0.4) is 0 Å². The highest BCUT2D eigenvalue weighted by atomic mass is 16.5. The van der Waals surface area contributed by atoms with Crippen molar-refractivity contribution in [2.75, 3.05) is 20.3 Å². The van der Waals surface area contributed by atoms with E-state index in [9.17, 15) is 5.11 Å². The Bertz CT molecular complexity index is 445. The summed E-state index contributed by atoms with van der Waals surface area (Å²) in [6.07, 6.45) is 4.93. The molecule has 0 aromatic heterocycles. The van der Waals surface area contributed by atoms with Crippen LogP contribution in [0.5, 0.6) is 11.5 Å². The molecule has 4 nitrogen and oxygen atoms in total. The average Bonchev–Trinajstić information content (AvgIpc) is 3.38. The van der Waals surface area contributed by atoms with Crippen molar-refractivity contribution < 1.29 is 14.6 Å². The lowest BCUT2D eigenvalue weighted by molar-refractivity contribution is 0.101. The lowest BCUT2D eigenvalue weighted by Gasteiger charge is -2.20. The molecule has 0 saturated heterocycles. The van der Waals surface area contributed by atoms with Crippen LogP contribution in [0.25, 0.3) is 0 Å². The molecule has 0 radical (unpaired) electrons. The summed E-state index contributed by atoms with van der Waals surface area (Å²) in [7, 11) is 1.63. The van der Waals surface area contributed by atoms with Gasteiger partial charge in [0.25, 0.3) is 0 Å². The van der Waals surface area contributed by atoms with Gasteiger partial charge in [0.15, 0.2) is 0 Å². The second-order valence-electron chi connectivity index (χ2n) is 6.25. The van der Waals surface area contributed by atoms with Crippen molar-refractivity contribution in [3.8, 4) is 11.5 Å². The molecule has 3 rings (SSSR count).